The van der Waals surface area contributed by atoms with Crippen molar-refractivity contribution < 1.29 is 4.42 Å². The molecule has 40 heavy (non-hydrogen) atoms. The van der Waals surface area contributed by atoms with Crippen molar-refractivity contribution in [2.45, 2.75) is 6.92 Å². The minimum Gasteiger partial charge on any atom is -0.454 e. The van der Waals surface area contributed by atoms with Crippen LogP contribution in [0.25, 0.3) is 76.9 Å². The Balaban J connectivity index is 1.37. The van der Waals surface area contributed by atoms with Crippen LogP contribution in [-0.4, -0.2) is 9.13 Å². The molecular weight excluding hydrogens is 488 g/mol. The van der Waals surface area contributed by atoms with Gasteiger partial charge >= 0.3 is 0 Å². The van der Waals surface area contributed by atoms with Crippen molar-refractivity contribution in [2.75, 3.05) is 0 Å². The van der Waals surface area contributed by atoms with Gasteiger partial charge in [-0.2, -0.15) is 0 Å². The second-order valence-electron chi connectivity index (χ2n) is 10.7. The topological polar surface area (TPSA) is 23.0 Å². The Morgan fingerprint density at radius 1 is 0.450 bits per heavy atom. The zero-order chi connectivity index (χ0) is 26.4. The standard InChI is InChI=1S/C37H24N2O/c1-23-17-20-36-30(21-23)28-12-8-16-35(37(28)40-36)39-33-15-7-4-11-27(33)29-22-24(18-19-34(29)39)38-31-13-5-2-9-25(31)26-10-3-6-14-32(26)38/h2-22H,1H3. The Kier molecular flexibility index (Phi) is 4.26. The molecule has 3 nitrogen and oxygen atoms in total. The maximum absolute atomic E-state index is 6.51. The summed E-state index contributed by atoms with van der Waals surface area (Å²) in [5.74, 6) is 0. The minimum atomic E-state index is 0.914. The Hall–Kier alpha value is -5.28. The maximum Gasteiger partial charge on any atom is 0.159 e. The summed E-state index contributed by atoms with van der Waals surface area (Å²) < 4.78 is 11.3. The lowest BCUT2D eigenvalue weighted by atomic mass is 10.1. The molecule has 3 heteroatoms. The van der Waals surface area contributed by atoms with Crippen molar-refractivity contribution in [3.63, 3.8) is 0 Å². The van der Waals surface area contributed by atoms with Crippen molar-refractivity contribution in [3.8, 4) is 11.4 Å². The quantitative estimate of drug-likeness (QED) is 0.226. The first-order chi connectivity index (χ1) is 19.8. The van der Waals surface area contributed by atoms with Crippen LogP contribution in [-0.2, 0) is 0 Å². The molecule has 0 bridgehead atoms. The number of hydrogen-bond donors (Lipinski definition) is 0. The van der Waals surface area contributed by atoms with Crippen LogP contribution in [0.1, 0.15) is 5.56 Å². The summed E-state index contributed by atoms with van der Waals surface area (Å²) >= 11 is 0. The van der Waals surface area contributed by atoms with Crippen LogP contribution < -0.4 is 0 Å². The Morgan fingerprint density at radius 2 is 1.05 bits per heavy atom. The summed E-state index contributed by atoms with van der Waals surface area (Å²) in [6, 6.07) is 45.8. The molecule has 9 rings (SSSR count). The first kappa shape index (κ1) is 21.6. The van der Waals surface area contributed by atoms with Crippen LogP contribution in [0.5, 0.6) is 0 Å². The highest BCUT2D eigenvalue weighted by Gasteiger charge is 2.19. The summed E-state index contributed by atoms with van der Waals surface area (Å²) in [6.45, 7) is 2.13. The van der Waals surface area contributed by atoms with Gasteiger partial charge in [-0.05, 0) is 61.5 Å². The summed E-state index contributed by atoms with van der Waals surface area (Å²) in [4.78, 5) is 0. The van der Waals surface area contributed by atoms with Gasteiger partial charge in [0.05, 0.1) is 27.8 Å². The molecule has 0 atom stereocenters. The van der Waals surface area contributed by atoms with E-state index >= 15 is 0 Å². The third kappa shape index (κ3) is 2.84. The van der Waals surface area contributed by atoms with Crippen molar-refractivity contribution in [2.24, 2.45) is 0 Å². The van der Waals surface area contributed by atoms with Crippen LogP contribution in [0, 0.1) is 6.92 Å². The van der Waals surface area contributed by atoms with Gasteiger partial charge < -0.3 is 13.6 Å². The van der Waals surface area contributed by atoms with Crippen molar-refractivity contribution in [3.05, 3.63) is 133 Å². The van der Waals surface area contributed by atoms with Gasteiger partial charge in [-0.3, -0.25) is 0 Å². The molecule has 6 aromatic carbocycles. The van der Waals surface area contributed by atoms with E-state index in [1.165, 1.54) is 43.7 Å². The lowest BCUT2D eigenvalue weighted by molar-refractivity contribution is 0.666. The molecule has 0 aliphatic rings. The number of para-hydroxylation sites is 4. The fourth-order valence-corrected chi connectivity index (χ4v) is 6.63. The molecule has 3 aromatic heterocycles. The highest BCUT2D eigenvalue weighted by atomic mass is 16.3. The van der Waals surface area contributed by atoms with E-state index in [4.69, 9.17) is 4.42 Å². The molecule has 0 spiro atoms. The van der Waals surface area contributed by atoms with Crippen LogP contribution >= 0.6 is 0 Å². The van der Waals surface area contributed by atoms with E-state index in [2.05, 4.69) is 143 Å². The number of rotatable bonds is 2. The number of furan rings is 1. The monoisotopic (exact) mass is 512 g/mol. The smallest absolute Gasteiger partial charge is 0.159 e. The third-order valence-corrected chi connectivity index (χ3v) is 8.37. The summed E-state index contributed by atoms with van der Waals surface area (Å²) in [5.41, 5.74) is 10.0. The second-order valence-corrected chi connectivity index (χ2v) is 10.7. The fourth-order valence-electron chi connectivity index (χ4n) is 6.63. The first-order valence-corrected chi connectivity index (χ1v) is 13.7. The van der Waals surface area contributed by atoms with E-state index < -0.39 is 0 Å². The minimum absolute atomic E-state index is 0.914. The Morgan fingerprint density at radius 3 is 1.77 bits per heavy atom. The zero-order valence-electron chi connectivity index (χ0n) is 21.9. The van der Waals surface area contributed by atoms with Gasteiger partial charge in [0.2, 0.25) is 0 Å². The molecule has 0 aliphatic carbocycles. The molecule has 0 saturated heterocycles. The number of fused-ring (bicyclic) bond motifs is 9. The molecule has 0 fully saturated rings. The van der Waals surface area contributed by atoms with E-state index in [0.717, 1.165) is 38.8 Å². The number of benzene rings is 6. The summed E-state index contributed by atoms with van der Waals surface area (Å²) in [7, 11) is 0. The SMILES string of the molecule is Cc1ccc2oc3c(-n4c5ccccc5c5cc(-n6c7ccccc7c7ccccc76)ccc54)cccc3c2c1. The van der Waals surface area contributed by atoms with Crippen LogP contribution in [0.3, 0.4) is 0 Å². The molecule has 0 saturated carbocycles. The molecule has 0 unspecified atom stereocenters. The van der Waals surface area contributed by atoms with Gasteiger partial charge in [-0.1, -0.05) is 78.4 Å². The molecule has 0 aliphatic heterocycles. The lowest BCUT2D eigenvalue weighted by Gasteiger charge is -2.10. The van der Waals surface area contributed by atoms with Gasteiger partial charge in [0.15, 0.2) is 5.58 Å². The largest absolute Gasteiger partial charge is 0.454 e. The molecule has 0 radical (unpaired) electrons. The highest BCUT2D eigenvalue weighted by Crippen LogP contribution is 2.40. The lowest BCUT2D eigenvalue weighted by Crippen LogP contribution is -1.96. The van der Waals surface area contributed by atoms with Gasteiger partial charge in [0.1, 0.15) is 5.58 Å². The Bertz CT molecular complexity index is 2400. The molecular formula is C37H24N2O. The van der Waals surface area contributed by atoms with E-state index in [1.807, 2.05) is 0 Å². The van der Waals surface area contributed by atoms with E-state index in [1.54, 1.807) is 0 Å². The molecule has 188 valence electrons. The number of nitrogens with zero attached hydrogens (tertiary/aromatic N) is 2. The van der Waals surface area contributed by atoms with E-state index in [0.29, 0.717) is 0 Å². The number of hydrogen-bond acceptors (Lipinski definition) is 1. The average molecular weight is 513 g/mol. The third-order valence-electron chi connectivity index (χ3n) is 8.37. The van der Waals surface area contributed by atoms with Crippen LogP contribution in [0.4, 0.5) is 0 Å². The molecule has 3 heterocycles. The first-order valence-electron chi connectivity index (χ1n) is 13.7. The molecule has 0 N–H and O–H groups in total. The number of aryl methyl sites for hydroxylation is 1. The fraction of sp³-hybridized carbons (Fsp3) is 0.0270. The predicted molar refractivity (Wildman–Crippen MR) is 167 cm³/mol. The molecule has 9 aromatic rings. The second kappa shape index (κ2) is 7.87. The predicted octanol–water partition coefficient (Wildman–Crippen LogP) is 10.1. The van der Waals surface area contributed by atoms with Crippen molar-refractivity contribution in [1.29, 1.82) is 0 Å². The van der Waals surface area contributed by atoms with Crippen LogP contribution in [0.2, 0.25) is 0 Å². The van der Waals surface area contributed by atoms with E-state index in [-0.39, 0.29) is 0 Å². The zero-order valence-corrected chi connectivity index (χ0v) is 21.9. The number of aromatic nitrogens is 2. The normalized spacial score (nSPS) is 12.1. The van der Waals surface area contributed by atoms with Gasteiger partial charge in [-0.15, -0.1) is 0 Å². The maximum atomic E-state index is 6.51. The Labute approximate surface area is 230 Å². The summed E-state index contributed by atoms with van der Waals surface area (Å²) in [5, 5.41) is 7.29. The van der Waals surface area contributed by atoms with Crippen molar-refractivity contribution >= 4 is 65.6 Å². The highest BCUT2D eigenvalue weighted by molar-refractivity contribution is 6.14. The van der Waals surface area contributed by atoms with E-state index in [9.17, 15) is 0 Å². The molecule has 0 amide bonds. The summed E-state index contributed by atoms with van der Waals surface area (Å²) in [6.07, 6.45) is 0. The van der Waals surface area contributed by atoms with Gasteiger partial charge in [0, 0.05) is 38.0 Å². The van der Waals surface area contributed by atoms with Gasteiger partial charge in [0.25, 0.3) is 0 Å². The average Bonchev–Trinajstić information content (AvgIpc) is 3.64. The van der Waals surface area contributed by atoms with Crippen molar-refractivity contribution in [1.82, 2.24) is 9.13 Å². The van der Waals surface area contributed by atoms with Crippen LogP contribution in [0.15, 0.2) is 132 Å². The van der Waals surface area contributed by atoms with Gasteiger partial charge in [-0.25, -0.2) is 0 Å².